The maximum Gasteiger partial charge on any atom is 0.335 e. The van der Waals surface area contributed by atoms with Gasteiger partial charge in [-0.25, -0.2) is 4.79 Å². The lowest BCUT2D eigenvalue weighted by Gasteiger charge is -2.30. The van der Waals surface area contributed by atoms with Gasteiger partial charge in [0.1, 0.15) is 5.41 Å². The van der Waals surface area contributed by atoms with Crippen LogP contribution in [-0.4, -0.2) is 49.2 Å². The number of rotatable bonds is 7. The van der Waals surface area contributed by atoms with Crippen molar-refractivity contribution in [3.63, 3.8) is 0 Å². The van der Waals surface area contributed by atoms with E-state index in [9.17, 15) is 4.79 Å². The van der Waals surface area contributed by atoms with E-state index in [1.54, 1.807) is 21.1 Å². The number of methoxy groups -OCH3 is 3. The van der Waals surface area contributed by atoms with Gasteiger partial charge in [0, 0.05) is 26.9 Å². The Morgan fingerprint density at radius 3 is 2.19 bits per heavy atom. The van der Waals surface area contributed by atoms with Crippen LogP contribution in [0, 0.1) is 0 Å². The Labute approximate surface area is 99.1 Å². The zero-order valence-electron chi connectivity index (χ0n) is 10.5. The summed E-state index contributed by atoms with van der Waals surface area (Å²) in [4.78, 5) is 11.3. The topological polar surface area (TPSA) is 54.0 Å². The molecule has 0 fully saturated rings. The van der Waals surface area contributed by atoms with Gasteiger partial charge >= 0.3 is 5.97 Å². The summed E-state index contributed by atoms with van der Waals surface area (Å²) in [6.45, 7) is 5.07. The summed E-state index contributed by atoms with van der Waals surface area (Å²) in [5.74, 6) is -0.483. The summed E-state index contributed by atoms with van der Waals surface area (Å²) in [5, 5.41) is 0. The van der Waals surface area contributed by atoms with Crippen LogP contribution in [0.5, 0.6) is 0 Å². The molecule has 0 amide bonds. The lowest BCUT2D eigenvalue weighted by Crippen LogP contribution is -2.40. The van der Waals surface area contributed by atoms with Crippen molar-refractivity contribution >= 4 is 16.2 Å². The van der Waals surface area contributed by atoms with Crippen LogP contribution in [0.4, 0.5) is 0 Å². The molecular formula is C10H20O5Si. The van der Waals surface area contributed by atoms with Crippen LogP contribution >= 0.6 is 0 Å². The van der Waals surface area contributed by atoms with Gasteiger partial charge in [0.25, 0.3) is 0 Å². The van der Waals surface area contributed by atoms with Crippen LogP contribution in [0.25, 0.3) is 0 Å². The maximum absolute atomic E-state index is 11.3. The number of carbonyl (C=O) groups excluding carboxylic acids is 1. The molecule has 0 bridgehead atoms. The van der Waals surface area contributed by atoms with E-state index in [-0.39, 0.29) is 0 Å². The van der Waals surface area contributed by atoms with Gasteiger partial charge in [0.05, 0.1) is 16.7 Å². The first-order valence-electron chi connectivity index (χ1n) is 4.88. The van der Waals surface area contributed by atoms with Gasteiger partial charge in [0.15, 0.2) is 0 Å². The second-order valence-corrected chi connectivity index (χ2v) is 5.12. The molecule has 0 N–H and O–H groups in total. The van der Waals surface area contributed by atoms with Crippen molar-refractivity contribution in [3.05, 3.63) is 12.2 Å². The second kappa shape index (κ2) is 6.80. The molecule has 5 nitrogen and oxygen atoms in total. The van der Waals surface area contributed by atoms with Gasteiger partial charge in [-0.1, -0.05) is 6.58 Å². The SMILES string of the molecule is C=C(C)C(=O)OC(CC([SiH3])(OC)OC)OC. The van der Waals surface area contributed by atoms with Crippen LogP contribution in [0.15, 0.2) is 12.2 Å². The number of hydrogen-bond donors (Lipinski definition) is 0. The molecule has 0 heterocycles. The van der Waals surface area contributed by atoms with Crippen LogP contribution in [0.1, 0.15) is 13.3 Å². The first-order valence-corrected chi connectivity index (χ1v) is 5.88. The van der Waals surface area contributed by atoms with Crippen molar-refractivity contribution in [1.82, 2.24) is 0 Å². The fraction of sp³-hybridized carbons (Fsp3) is 0.700. The van der Waals surface area contributed by atoms with E-state index in [0.29, 0.717) is 22.2 Å². The third kappa shape index (κ3) is 4.89. The molecule has 0 spiro atoms. The molecule has 0 aliphatic carbocycles. The van der Waals surface area contributed by atoms with Crippen molar-refractivity contribution < 1.29 is 23.7 Å². The Morgan fingerprint density at radius 2 is 1.88 bits per heavy atom. The molecule has 0 saturated carbocycles. The fourth-order valence-electron chi connectivity index (χ4n) is 0.946. The Bertz CT molecular complexity index is 250. The van der Waals surface area contributed by atoms with E-state index in [1.165, 1.54) is 7.11 Å². The van der Waals surface area contributed by atoms with Crippen molar-refractivity contribution in [2.75, 3.05) is 21.3 Å². The third-order valence-corrected chi connectivity index (χ3v) is 3.48. The highest BCUT2D eigenvalue weighted by Crippen LogP contribution is 2.17. The lowest BCUT2D eigenvalue weighted by molar-refractivity contribution is -0.210. The molecule has 1 unspecified atom stereocenters. The van der Waals surface area contributed by atoms with Gasteiger partial charge in [-0.2, -0.15) is 0 Å². The molecule has 94 valence electrons. The molecule has 0 aromatic rings. The minimum absolute atomic E-state index is 0.329. The monoisotopic (exact) mass is 248 g/mol. The number of esters is 1. The Hall–Kier alpha value is -0.693. The first-order chi connectivity index (χ1) is 7.38. The van der Waals surface area contributed by atoms with Gasteiger partial charge < -0.3 is 18.9 Å². The quantitative estimate of drug-likeness (QED) is 0.270. The first kappa shape index (κ1) is 15.3. The molecule has 0 aromatic heterocycles. The average Bonchev–Trinajstić information content (AvgIpc) is 2.27. The summed E-state index contributed by atoms with van der Waals surface area (Å²) in [6, 6.07) is 0. The van der Waals surface area contributed by atoms with E-state index in [2.05, 4.69) is 6.58 Å². The summed E-state index contributed by atoms with van der Waals surface area (Å²) in [7, 11) is 5.18. The van der Waals surface area contributed by atoms with Crippen LogP contribution in [0.3, 0.4) is 0 Å². The van der Waals surface area contributed by atoms with Crippen molar-refractivity contribution in [2.45, 2.75) is 25.0 Å². The molecule has 0 aliphatic rings. The van der Waals surface area contributed by atoms with Crippen LogP contribution in [-0.2, 0) is 23.7 Å². The van der Waals surface area contributed by atoms with Crippen molar-refractivity contribution in [2.24, 2.45) is 0 Å². The molecule has 0 aliphatic heterocycles. The molecule has 0 aromatic carbocycles. The zero-order chi connectivity index (χ0) is 12.8. The number of carbonyl (C=O) groups is 1. The highest BCUT2D eigenvalue weighted by Gasteiger charge is 2.29. The van der Waals surface area contributed by atoms with E-state index < -0.39 is 17.7 Å². The summed E-state index contributed by atoms with van der Waals surface area (Å²) < 4.78 is 20.5. The average molecular weight is 248 g/mol. The molecule has 0 saturated heterocycles. The Morgan fingerprint density at radius 1 is 1.38 bits per heavy atom. The largest absolute Gasteiger partial charge is 0.432 e. The smallest absolute Gasteiger partial charge is 0.335 e. The Kier molecular flexibility index (Phi) is 6.50. The molecular weight excluding hydrogens is 228 g/mol. The highest BCUT2D eigenvalue weighted by atomic mass is 28.1. The van der Waals surface area contributed by atoms with Crippen molar-refractivity contribution in [3.8, 4) is 0 Å². The number of ether oxygens (including phenoxy) is 4. The minimum Gasteiger partial charge on any atom is -0.432 e. The number of hydrogen-bond acceptors (Lipinski definition) is 5. The van der Waals surface area contributed by atoms with Gasteiger partial charge in [-0.3, -0.25) is 0 Å². The third-order valence-electron chi connectivity index (χ3n) is 2.25. The summed E-state index contributed by atoms with van der Waals surface area (Å²) in [6.07, 6.45) is -0.358. The van der Waals surface area contributed by atoms with Crippen LogP contribution in [0.2, 0.25) is 0 Å². The molecule has 0 radical (unpaired) electrons. The van der Waals surface area contributed by atoms with Crippen LogP contribution < -0.4 is 0 Å². The van der Waals surface area contributed by atoms with E-state index in [0.717, 1.165) is 0 Å². The molecule has 1 atom stereocenters. The summed E-state index contributed by atoms with van der Waals surface area (Å²) in [5.41, 5.74) is -0.383. The van der Waals surface area contributed by atoms with Gasteiger partial charge in [-0.15, -0.1) is 0 Å². The zero-order valence-corrected chi connectivity index (χ0v) is 12.5. The molecule has 0 rings (SSSR count). The second-order valence-electron chi connectivity index (χ2n) is 3.60. The predicted octanol–water partition coefficient (Wildman–Crippen LogP) is -0.220. The lowest BCUT2D eigenvalue weighted by atomic mass is 10.3. The van der Waals surface area contributed by atoms with Gasteiger partial charge in [-0.05, 0) is 6.92 Å². The normalized spacial score (nSPS) is 13.5. The standard InChI is InChI=1S/C10H20O5Si/c1-7(2)9(11)15-8(12-3)6-10(16,13-4)14-5/h8H,1,6H2,2-5,16H3. The molecule has 16 heavy (non-hydrogen) atoms. The maximum atomic E-state index is 11.3. The Balaban J connectivity index is 4.40. The fourth-order valence-corrected chi connectivity index (χ4v) is 1.28. The van der Waals surface area contributed by atoms with E-state index in [4.69, 9.17) is 18.9 Å². The minimum atomic E-state index is -0.712. The van der Waals surface area contributed by atoms with Gasteiger partial charge in [0.2, 0.25) is 6.29 Å². The van der Waals surface area contributed by atoms with Crippen molar-refractivity contribution in [1.29, 1.82) is 0 Å². The summed E-state index contributed by atoms with van der Waals surface area (Å²) >= 11 is 0. The predicted molar refractivity (Wildman–Crippen MR) is 63.0 cm³/mol. The highest BCUT2D eigenvalue weighted by molar-refractivity contribution is 6.13. The van der Waals surface area contributed by atoms with E-state index >= 15 is 0 Å². The van der Waals surface area contributed by atoms with E-state index in [1.807, 2.05) is 0 Å². The molecule has 6 heteroatoms.